The summed E-state index contributed by atoms with van der Waals surface area (Å²) >= 11 is 3.17. The van der Waals surface area contributed by atoms with Crippen molar-refractivity contribution in [3.8, 4) is 0 Å². The Labute approximate surface area is 91.9 Å². The van der Waals surface area contributed by atoms with E-state index in [1.54, 1.807) is 20.2 Å². The third-order valence-electron chi connectivity index (χ3n) is 1.63. The van der Waals surface area contributed by atoms with Crippen LogP contribution in [0.1, 0.15) is 5.69 Å². The Kier molecular flexibility index (Phi) is 3.46. The van der Waals surface area contributed by atoms with Crippen molar-refractivity contribution < 1.29 is 4.79 Å². The van der Waals surface area contributed by atoms with Gasteiger partial charge in [-0.3, -0.25) is 0 Å². The molecule has 0 unspecified atom stereocenters. The number of hydrogen-bond donors (Lipinski definition) is 0. The molecule has 0 radical (unpaired) electrons. The van der Waals surface area contributed by atoms with E-state index in [2.05, 4.69) is 21.1 Å². The fourth-order valence-electron chi connectivity index (χ4n) is 0.912. The van der Waals surface area contributed by atoms with Gasteiger partial charge in [0.1, 0.15) is 5.82 Å². The number of anilines is 1. The maximum absolute atomic E-state index is 11.5. The summed E-state index contributed by atoms with van der Waals surface area (Å²) in [6.07, 6.45) is 0. The summed E-state index contributed by atoms with van der Waals surface area (Å²) < 4.78 is 1.33. The van der Waals surface area contributed by atoms with Gasteiger partial charge in [0.25, 0.3) is 0 Å². The molecule has 0 N–H and O–H groups in total. The van der Waals surface area contributed by atoms with Gasteiger partial charge in [0.15, 0.2) is 0 Å². The van der Waals surface area contributed by atoms with Gasteiger partial charge in [-0.1, -0.05) is 6.07 Å². The van der Waals surface area contributed by atoms with Crippen molar-refractivity contribution in [3.05, 3.63) is 23.9 Å². The summed E-state index contributed by atoms with van der Waals surface area (Å²) in [4.78, 5) is 17.2. The molecule has 1 aromatic heterocycles. The van der Waals surface area contributed by atoms with Crippen LogP contribution in [0, 0.1) is 6.92 Å². The van der Waals surface area contributed by atoms with Crippen LogP contribution < -0.4 is 3.93 Å². The number of amides is 2. The van der Waals surface area contributed by atoms with Crippen LogP contribution >= 0.6 is 16.1 Å². The van der Waals surface area contributed by atoms with Crippen LogP contribution in [0.15, 0.2) is 18.2 Å². The maximum Gasteiger partial charge on any atom is 0.335 e. The van der Waals surface area contributed by atoms with Crippen molar-refractivity contribution in [2.75, 3.05) is 18.0 Å². The molecule has 0 fully saturated rings. The number of halogens is 1. The van der Waals surface area contributed by atoms with Crippen LogP contribution in [0.25, 0.3) is 0 Å². The quantitative estimate of drug-likeness (QED) is 0.724. The minimum atomic E-state index is -0.164. The minimum Gasteiger partial charge on any atom is -0.330 e. The minimum absolute atomic E-state index is 0.164. The van der Waals surface area contributed by atoms with Gasteiger partial charge >= 0.3 is 6.03 Å². The summed E-state index contributed by atoms with van der Waals surface area (Å²) in [7, 11) is 3.37. The number of pyridine rings is 1. The van der Waals surface area contributed by atoms with Crippen LogP contribution in [0.4, 0.5) is 10.6 Å². The number of carbonyl (C=O) groups is 1. The molecule has 0 atom stereocenters. The molecule has 1 aromatic rings. The van der Waals surface area contributed by atoms with Gasteiger partial charge < -0.3 is 4.90 Å². The van der Waals surface area contributed by atoms with E-state index in [0.29, 0.717) is 5.82 Å². The van der Waals surface area contributed by atoms with Gasteiger partial charge in [0.2, 0.25) is 0 Å². The molecule has 76 valence electrons. The number of urea groups is 1. The zero-order valence-corrected chi connectivity index (χ0v) is 9.95. The highest BCUT2D eigenvalue weighted by molar-refractivity contribution is 9.10. The first-order chi connectivity index (χ1) is 6.52. The average molecular weight is 258 g/mol. The Bertz CT molecular complexity index is 341. The van der Waals surface area contributed by atoms with E-state index in [9.17, 15) is 4.79 Å². The van der Waals surface area contributed by atoms with Crippen LogP contribution in [0.3, 0.4) is 0 Å². The standard InChI is InChI=1S/C9H12BrN3O/c1-7-5-4-6-8(11-7)13(10)9(14)12(2)3/h4-6H,1-3H3. The summed E-state index contributed by atoms with van der Waals surface area (Å²) in [5.41, 5.74) is 0.874. The predicted molar refractivity (Wildman–Crippen MR) is 59.5 cm³/mol. The van der Waals surface area contributed by atoms with Gasteiger partial charge in [-0.2, -0.15) is 0 Å². The van der Waals surface area contributed by atoms with Crippen LogP contribution in [0.5, 0.6) is 0 Å². The van der Waals surface area contributed by atoms with E-state index in [-0.39, 0.29) is 6.03 Å². The summed E-state index contributed by atoms with van der Waals surface area (Å²) in [6, 6.07) is 5.34. The van der Waals surface area contributed by atoms with Gasteiger partial charge in [0.05, 0.1) is 16.1 Å². The van der Waals surface area contributed by atoms with Crippen LogP contribution in [0.2, 0.25) is 0 Å². The summed E-state index contributed by atoms with van der Waals surface area (Å²) in [5, 5.41) is 0. The van der Waals surface area contributed by atoms with E-state index in [0.717, 1.165) is 5.69 Å². The Morgan fingerprint density at radius 1 is 1.43 bits per heavy atom. The molecule has 0 bridgehead atoms. The fraction of sp³-hybridized carbons (Fsp3) is 0.333. The maximum atomic E-state index is 11.5. The lowest BCUT2D eigenvalue weighted by Gasteiger charge is -2.18. The van der Waals surface area contributed by atoms with Crippen LogP contribution in [-0.4, -0.2) is 30.0 Å². The van der Waals surface area contributed by atoms with Gasteiger partial charge in [-0.05, 0) is 19.1 Å². The first-order valence-corrected chi connectivity index (χ1v) is 4.84. The van der Waals surface area contributed by atoms with E-state index >= 15 is 0 Å². The molecule has 4 nitrogen and oxygen atoms in total. The second kappa shape index (κ2) is 4.41. The Balaban J connectivity index is 2.89. The molecule has 0 aromatic carbocycles. The normalized spacial score (nSPS) is 9.71. The molecule has 2 amide bonds. The largest absolute Gasteiger partial charge is 0.335 e. The van der Waals surface area contributed by atoms with E-state index < -0.39 is 0 Å². The number of nitrogens with zero attached hydrogens (tertiary/aromatic N) is 3. The number of hydrogen-bond acceptors (Lipinski definition) is 2. The molecule has 1 rings (SSSR count). The Morgan fingerprint density at radius 3 is 2.57 bits per heavy atom. The van der Waals surface area contributed by atoms with E-state index in [1.165, 1.54) is 8.83 Å². The van der Waals surface area contributed by atoms with Crippen molar-refractivity contribution in [3.63, 3.8) is 0 Å². The smallest absolute Gasteiger partial charge is 0.330 e. The summed E-state index contributed by atoms with van der Waals surface area (Å²) in [5.74, 6) is 0.587. The molecule has 0 saturated heterocycles. The van der Waals surface area contributed by atoms with Gasteiger partial charge in [-0.15, -0.1) is 0 Å². The lowest BCUT2D eigenvalue weighted by Crippen LogP contribution is -2.32. The highest BCUT2D eigenvalue weighted by Crippen LogP contribution is 2.16. The molecule has 1 heterocycles. The molecular weight excluding hydrogens is 246 g/mol. The highest BCUT2D eigenvalue weighted by Gasteiger charge is 2.15. The third-order valence-corrected chi connectivity index (χ3v) is 2.29. The molecule has 14 heavy (non-hydrogen) atoms. The Hall–Kier alpha value is -1.10. The van der Waals surface area contributed by atoms with Gasteiger partial charge in [-0.25, -0.2) is 13.7 Å². The topological polar surface area (TPSA) is 36.4 Å². The molecule has 0 spiro atoms. The summed E-state index contributed by atoms with van der Waals surface area (Å²) in [6.45, 7) is 1.88. The van der Waals surface area contributed by atoms with Crippen molar-refractivity contribution >= 4 is 28.0 Å². The molecular formula is C9H12BrN3O. The third kappa shape index (κ3) is 2.45. The average Bonchev–Trinajstić information content (AvgIpc) is 2.15. The predicted octanol–water partition coefficient (Wildman–Crippen LogP) is 2.19. The number of carbonyl (C=O) groups excluding carboxylic acids is 1. The highest BCUT2D eigenvalue weighted by atomic mass is 79.9. The van der Waals surface area contributed by atoms with Gasteiger partial charge in [0, 0.05) is 19.8 Å². The zero-order chi connectivity index (χ0) is 10.7. The SMILES string of the molecule is Cc1cccc(N(Br)C(=O)N(C)C)n1. The monoisotopic (exact) mass is 257 g/mol. The Morgan fingerprint density at radius 2 is 2.07 bits per heavy atom. The lowest BCUT2D eigenvalue weighted by atomic mass is 10.4. The number of aryl methyl sites for hydroxylation is 1. The number of aromatic nitrogens is 1. The molecule has 5 heteroatoms. The van der Waals surface area contributed by atoms with Crippen molar-refractivity contribution in [1.29, 1.82) is 0 Å². The zero-order valence-electron chi connectivity index (χ0n) is 8.36. The first-order valence-electron chi connectivity index (χ1n) is 4.13. The molecule has 0 saturated carbocycles. The van der Waals surface area contributed by atoms with E-state index in [4.69, 9.17) is 0 Å². The van der Waals surface area contributed by atoms with Crippen LogP contribution in [-0.2, 0) is 0 Å². The van der Waals surface area contributed by atoms with Crippen molar-refractivity contribution in [1.82, 2.24) is 9.88 Å². The molecule has 0 aliphatic heterocycles. The molecule has 0 aliphatic rings. The fourth-order valence-corrected chi connectivity index (χ4v) is 1.43. The first kappa shape index (κ1) is 11.0. The lowest BCUT2D eigenvalue weighted by molar-refractivity contribution is 0.228. The molecule has 0 aliphatic carbocycles. The van der Waals surface area contributed by atoms with E-state index in [1.807, 2.05) is 19.1 Å². The second-order valence-electron chi connectivity index (χ2n) is 3.10. The van der Waals surface area contributed by atoms with Crippen molar-refractivity contribution in [2.24, 2.45) is 0 Å². The van der Waals surface area contributed by atoms with Crippen molar-refractivity contribution in [2.45, 2.75) is 6.92 Å². The number of rotatable bonds is 1. The second-order valence-corrected chi connectivity index (χ2v) is 3.80.